The first-order valence-electron chi connectivity index (χ1n) is 5.56. The Kier molecular flexibility index (Phi) is 2.83. The Hall–Kier alpha value is -2.21. The summed E-state index contributed by atoms with van der Waals surface area (Å²) in [6, 6.07) is 5.97. The number of nitrogens with two attached hydrogens (primary N) is 1. The molecule has 0 aliphatic heterocycles. The molecule has 3 rings (SSSR count). The number of imidazole rings is 1. The molecule has 0 saturated carbocycles. The molecule has 0 atom stereocenters. The summed E-state index contributed by atoms with van der Waals surface area (Å²) < 4.78 is 41.8. The predicted molar refractivity (Wildman–Crippen MR) is 70.4 cm³/mol. The first-order chi connectivity index (χ1) is 9.49. The second kappa shape index (κ2) is 4.42. The monoisotopic (exact) mass is 297 g/mol. The standard InChI is InChI=1S/C13H7ClF3N3/c14-6-4-9-11(5-8(6)16)20(13(18)19-9)10-3-1-2-7(15)12(10)17/h1-5H,(H2,18,19). The molecule has 3 aromatic rings. The van der Waals surface area contributed by atoms with E-state index in [0.29, 0.717) is 0 Å². The second-order valence-corrected chi connectivity index (χ2v) is 4.54. The van der Waals surface area contributed by atoms with Crippen molar-refractivity contribution < 1.29 is 13.2 Å². The van der Waals surface area contributed by atoms with E-state index in [4.69, 9.17) is 17.3 Å². The number of halogens is 4. The van der Waals surface area contributed by atoms with Gasteiger partial charge in [-0.1, -0.05) is 17.7 Å². The molecule has 0 spiro atoms. The Morgan fingerprint density at radius 2 is 1.85 bits per heavy atom. The van der Waals surface area contributed by atoms with Crippen LogP contribution in [0, 0.1) is 17.5 Å². The van der Waals surface area contributed by atoms with Crippen molar-refractivity contribution in [3.05, 3.63) is 52.8 Å². The number of hydrogen-bond donors (Lipinski definition) is 1. The van der Waals surface area contributed by atoms with Gasteiger partial charge in [0.2, 0.25) is 5.95 Å². The van der Waals surface area contributed by atoms with Crippen molar-refractivity contribution in [2.75, 3.05) is 5.73 Å². The lowest BCUT2D eigenvalue weighted by atomic mass is 10.2. The van der Waals surface area contributed by atoms with Crippen molar-refractivity contribution in [2.24, 2.45) is 0 Å². The molecule has 0 aliphatic rings. The Balaban J connectivity index is 2.39. The molecule has 1 aromatic heterocycles. The Labute approximate surface area is 116 Å². The summed E-state index contributed by atoms with van der Waals surface area (Å²) in [7, 11) is 0. The van der Waals surface area contributed by atoms with Gasteiger partial charge in [-0.3, -0.25) is 4.57 Å². The van der Waals surface area contributed by atoms with Crippen LogP contribution in [0.4, 0.5) is 19.1 Å². The van der Waals surface area contributed by atoms with E-state index < -0.39 is 17.5 Å². The molecular weight excluding hydrogens is 291 g/mol. The van der Waals surface area contributed by atoms with Gasteiger partial charge in [0.15, 0.2) is 11.6 Å². The van der Waals surface area contributed by atoms with Gasteiger partial charge in [0.1, 0.15) is 5.82 Å². The average molecular weight is 298 g/mol. The van der Waals surface area contributed by atoms with E-state index in [-0.39, 0.29) is 27.7 Å². The fourth-order valence-electron chi connectivity index (χ4n) is 2.01. The van der Waals surface area contributed by atoms with Crippen molar-refractivity contribution in [2.45, 2.75) is 0 Å². The smallest absolute Gasteiger partial charge is 0.206 e. The van der Waals surface area contributed by atoms with Crippen molar-refractivity contribution in [1.82, 2.24) is 9.55 Å². The van der Waals surface area contributed by atoms with Gasteiger partial charge in [-0.15, -0.1) is 0 Å². The Bertz CT molecular complexity index is 829. The van der Waals surface area contributed by atoms with Gasteiger partial charge in [-0.25, -0.2) is 18.2 Å². The van der Waals surface area contributed by atoms with E-state index in [1.54, 1.807) is 0 Å². The molecule has 0 radical (unpaired) electrons. The fraction of sp³-hybridized carbons (Fsp3) is 0. The van der Waals surface area contributed by atoms with Gasteiger partial charge in [-0.2, -0.15) is 0 Å². The molecule has 2 N–H and O–H groups in total. The van der Waals surface area contributed by atoms with E-state index >= 15 is 0 Å². The lowest BCUT2D eigenvalue weighted by Crippen LogP contribution is -2.04. The number of benzene rings is 2. The highest BCUT2D eigenvalue weighted by Crippen LogP contribution is 2.29. The number of fused-ring (bicyclic) bond motifs is 1. The number of nitrogen functional groups attached to an aromatic ring is 1. The van der Waals surface area contributed by atoms with E-state index in [0.717, 1.165) is 16.7 Å². The molecule has 1 heterocycles. The summed E-state index contributed by atoms with van der Waals surface area (Å²) in [5.41, 5.74) is 6.05. The van der Waals surface area contributed by atoms with Gasteiger partial charge in [0, 0.05) is 6.07 Å². The molecule has 3 nitrogen and oxygen atoms in total. The van der Waals surface area contributed by atoms with Gasteiger partial charge in [-0.05, 0) is 18.2 Å². The lowest BCUT2D eigenvalue weighted by molar-refractivity contribution is 0.505. The number of rotatable bonds is 1. The number of anilines is 1. The maximum atomic E-state index is 13.9. The summed E-state index contributed by atoms with van der Waals surface area (Å²) in [6.07, 6.45) is 0. The van der Waals surface area contributed by atoms with Crippen LogP contribution in [0.3, 0.4) is 0 Å². The third-order valence-corrected chi connectivity index (χ3v) is 3.18. The van der Waals surface area contributed by atoms with Crippen molar-refractivity contribution >= 4 is 28.6 Å². The van der Waals surface area contributed by atoms with Crippen molar-refractivity contribution in [3.8, 4) is 5.69 Å². The lowest BCUT2D eigenvalue weighted by Gasteiger charge is -2.08. The SMILES string of the molecule is Nc1nc2cc(Cl)c(F)cc2n1-c1cccc(F)c1F. The molecule has 20 heavy (non-hydrogen) atoms. The van der Waals surface area contributed by atoms with Gasteiger partial charge in [0.25, 0.3) is 0 Å². The number of hydrogen-bond acceptors (Lipinski definition) is 2. The van der Waals surface area contributed by atoms with Crippen LogP contribution in [0.5, 0.6) is 0 Å². The summed E-state index contributed by atoms with van der Waals surface area (Å²) in [5.74, 6) is -2.91. The molecule has 2 aromatic carbocycles. The summed E-state index contributed by atoms with van der Waals surface area (Å²) in [4.78, 5) is 3.96. The van der Waals surface area contributed by atoms with E-state index in [2.05, 4.69) is 4.98 Å². The van der Waals surface area contributed by atoms with Gasteiger partial charge in [0.05, 0.1) is 21.7 Å². The topological polar surface area (TPSA) is 43.8 Å². The Morgan fingerprint density at radius 1 is 1.10 bits per heavy atom. The van der Waals surface area contributed by atoms with Gasteiger partial charge < -0.3 is 5.73 Å². The molecule has 0 amide bonds. The van der Waals surface area contributed by atoms with Crippen LogP contribution in [0.2, 0.25) is 5.02 Å². The molecule has 0 unspecified atom stereocenters. The molecule has 0 saturated heterocycles. The average Bonchev–Trinajstić information content (AvgIpc) is 2.69. The fourth-order valence-corrected chi connectivity index (χ4v) is 2.17. The zero-order valence-corrected chi connectivity index (χ0v) is 10.6. The highest BCUT2D eigenvalue weighted by molar-refractivity contribution is 6.31. The molecule has 7 heteroatoms. The third kappa shape index (κ3) is 1.80. The quantitative estimate of drug-likeness (QED) is 0.744. The van der Waals surface area contributed by atoms with E-state index in [1.807, 2.05) is 0 Å². The van der Waals surface area contributed by atoms with Crippen molar-refractivity contribution in [3.63, 3.8) is 0 Å². The maximum Gasteiger partial charge on any atom is 0.206 e. The molecular formula is C13H7ClF3N3. The van der Waals surface area contributed by atoms with Crippen LogP contribution in [0.1, 0.15) is 0 Å². The van der Waals surface area contributed by atoms with Crippen LogP contribution in [-0.4, -0.2) is 9.55 Å². The van der Waals surface area contributed by atoms with Crippen LogP contribution < -0.4 is 5.73 Å². The largest absolute Gasteiger partial charge is 0.369 e. The number of aromatic nitrogens is 2. The maximum absolute atomic E-state index is 13.9. The third-order valence-electron chi connectivity index (χ3n) is 2.89. The zero-order chi connectivity index (χ0) is 14.4. The van der Waals surface area contributed by atoms with E-state index in [9.17, 15) is 13.2 Å². The predicted octanol–water partition coefficient (Wildman–Crippen LogP) is 3.68. The molecule has 102 valence electrons. The minimum atomic E-state index is -1.09. The summed E-state index contributed by atoms with van der Waals surface area (Å²) in [6.45, 7) is 0. The minimum Gasteiger partial charge on any atom is -0.369 e. The number of nitrogens with zero attached hydrogens (tertiary/aromatic N) is 2. The molecule has 0 aliphatic carbocycles. The van der Waals surface area contributed by atoms with Crippen molar-refractivity contribution in [1.29, 1.82) is 0 Å². The van der Waals surface area contributed by atoms with Crippen LogP contribution in [0.15, 0.2) is 30.3 Å². The first kappa shape index (κ1) is 12.8. The zero-order valence-electron chi connectivity index (χ0n) is 9.87. The summed E-state index contributed by atoms with van der Waals surface area (Å²) in [5, 5.41) is -0.123. The highest BCUT2D eigenvalue weighted by atomic mass is 35.5. The highest BCUT2D eigenvalue weighted by Gasteiger charge is 2.17. The summed E-state index contributed by atoms with van der Waals surface area (Å²) >= 11 is 5.65. The Morgan fingerprint density at radius 3 is 2.60 bits per heavy atom. The second-order valence-electron chi connectivity index (χ2n) is 4.13. The normalized spacial score (nSPS) is 11.2. The molecule has 0 fully saturated rings. The van der Waals surface area contributed by atoms with Crippen LogP contribution in [0.25, 0.3) is 16.7 Å². The van der Waals surface area contributed by atoms with Crippen LogP contribution in [-0.2, 0) is 0 Å². The molecule has 0 bridgehead atoms. The van der Waals surface area contributed by atoms with Crippen LogP contribution >= 0.6 is 11.6 Å². The van der Waals surface area contributed by atoms with E-state index in [1.165, 1.54) is 18.2 Å². The first-order valence-corrected chi connectivity index (χ1v) is 5.94. The van der Waals surface area contributed by atoms with Gasteiger partial charge >= 0.3 is 0 Å². The minimum absolute atomic E-state index is 0.0915.